The number of nitrogens with one attached hydrogen (secondary N) is 2. The average molecular weight is 318 g/mol. The summed E-state index contributed by atoms with van der Waals surface area (Å²) in [7, 11) is 1.61. The van der Waals surface area contributed by atoms with Gasteiger partial charge in [-0.25, -0.2) is 9.97 Å². The van der Waals surface area contributed by atoms with Crippen molar-refractivity contribution < 1.29 is 4.79 Å². The fraction of sp³-hybridized carbons (Fsp3) is 0.105. The Morgan fingerprint density at radius 2 is 1.83 bits per heavy atom. The molecule has 1 amide bonds. The highest BCUT2D eigenvalue weighted by molar-refractivity contribution is 5.95. The van der Waals surface area contributed by atoms with Gasteiger partial charge in [0.25, 0.3) is 5.91 Å². The maximum Gasteiger partial charge on any atom is 0.251 e. The van der Waals surface area contributed by atoms with Gasteiger partial charge in [0.15, 0.2) is 0 Å². The Labute approximate surface area is 140 Å². The van der Waals surface area contributed by atoms with Gasteiger partial charge in [0.1, 0.15) is 0 Å². The van der Waals surface area contributed by atoms with Gasteiger partial charge in [-0.1, -0.05) is 36.4 Å². The van der Waals surface area contributed by atoms with Gasteiger partial charge in [-0.2, -0.15) is 0 Å². The number of aryl methyl sites for hydroxylation is 1. The van der Waals surface area contributed by atoms with Crippen LogP contribution in [-0.4, -0.2) is 22.9 Å². The molecule has 0 aliphatic carbocycles. The summed E-state index contributed by atoms with van der Waals surface area (Å²) in [4.78, 5) is 20.6. The molecule has 2 N–H and O–H groups in total. The first-order chi connectivity index (χ1) is 11.7. The monoisotopic (exact) mass is 318 g/mol. The van der Waals surface area contributed by atoms with E-state index in [9.17, 15) is 4.79 Å². The molecule has 0 aliphatic heterocycles. The minimum atomic E-state index is -0.128. The van der Waals surface area contributed by atoms with Gasteiger partial charge in [0, 0.05) is 30.1 Å². The Morgan fingerprint density at radius 1 is 1.04 bits per heavy atom. The molecule has 24 heavy (non-hydrogen) atoms. The lowest BCUT2D eigenvalue weighted by molar-refractivity contribution is 0.0963. The zero-order chi connectivity index (χ0) is 16.9. The maximum atomic E-state index is 11.8. The van der Waals surface area contributed by atoms with Gasteiger partial charge >= 0.3 is 0 Å². The van der Waals surface area contributed by atoms with Crippen molar-refractivity contribution in [3.05, 3.63) is 71.9 Å². The predicted octanol–water partition coefficient (Wildman–Crippen LogP) is 3.56. The predicted molar refractivity (Wildman–Crippen MR) is 95.3 cm³/mol. The minimum absolute atomic E-state index is 0.128. The lowest BCUT2D eigenvalue weighted by Gasteiger charge is -2.11. The number of nitrogens with zero attached hydrogens (tertiary/aromatic N) is 2. The van der Waals surface area contributed by atoms with Crippen LogP contribution in [0.2, 0.25) is 0 Å². The standard InChI is InChI=1S/C19H18N4O/c1-13-8-9-15(18(24)20-2)12-17(13)23-19-21-11-10-16(22-19)14-6-4-3-5-7-14/h3-12H,1-2H3,(H,20,24)(H,21,22,23). The van der Waals surface area contributed by atoms with Crippen LogP contribution >= 0.6 is 0 Å². The topological polar surface area (TPSA) is 66.9 Å². The van der Waals surface area contributed by atoms with E-state index in [4.69, 9.17) is 0 Å². The molecule has 1 heterocycles. The third-order valence-electron chi connectivity index (χ3n) is 3.70. The first-order valence-corrected chi connectivity index (χ1v) is 7.65. The molecular weight excluding hydrogens is 300 g/mol. The molecule has 0 aliphatic rings. The second-order valence-electron chi connectivity index (χ2n) is 5.37. The molecule has 0 spiro atoms. The quantitative estimate of drug-likeness (QED) is 0.772. The summed E-state index contributed by atoms with van der Waals surface area (Å²) in [5, 5.41) is 5.82. The Kier molecular flexibility index (Phi) is 4.52. The number of rotatable bonds is 4. The van der Waals surface area contributed by atoms with E-state index in [1.54, 1.807) is 25.4 Å². The third-order valence-corrected chi connectivity index (χ3v) is 3.70. The zero-order valence-corrected chi connectivity index (χ0v) is 13.6. The largest absolute Gasteiger partial charge is 0.355 e. The van der Waals surface area contributed by atoms with Crippen LogP contribution in [0.25, 0.3) is 11.3 Å². The molecular formula is C19H18N4O. The fourth-order valence-electron chi connectivity index (χ4n) is 2.35. The first kappa shape index (κ1) is 15.7. The molecule has 5 heteroatoms. The molecule has 120 valence electrons. The molecule has 0 radical (unpaired) electrons. The normalized spacial score (nSPS) is 10.2. The van der Waals surface area contributed by atoms with Crippen LogP contribution in [0.1, 0.15) is 15.9 Å². The number of amides is 1. The van der Waals surface area contributed by atoms with Crippen LogP contribution in [0.5, 0.6) is 0 Å². The molecule has 0 saturated carbocycles. The second-order valence-corrected chi connectivity index (χ2v) is 5.37. The molecule has 0 fully saturated rings. The number of hydrogen-bond acceptors (Lipinski definition) is 4. The third kappa shape index (κ3) is 3.41. The maximum absolute atomic E-state index is 11.8. The number of benzene rings is 2. The van der Waals surface area contributed by atoms with Gasteiger partial charge in [-0.05, 0) is 30.7 Å². The van der Waals surface area contributed by atoms with Crippen LogP contribution in [0.3, 0.4) is 0 Å². The average Bonchev–Trinajstić information content (AvgIpc) is 2.64. The van der Waals surface area contributed by atoms with Gasteiger partial charge in [-0.15, -0.1) is 0 Å². The highest BCUT2D eigenvalue weighted by atomic mass is 16.1. The van der Waals surface area contributed by atoms with E-state index < -0.39 is 0 Å². The summed E-state index contributed by atoms with van der Waals surface area (Å²) < 4.78 is 0. The van der Waals surface area contributed by atoms with Crippen molar-refractivity contribution in [1.82, 2.24) is 15.3 Å². The summed E-state index contributed by atoms with van der Waals surface area (Å²) in [5.41, 5.74) is 4.27. The summed E-state index contributed by atoms with van der Waals surface area (Å²) in [6.45, 7) is 1.97. The first-order valence-electron chi connectivity index (χ1n) is 7.65. The lowest BCUT2D eigenvalue weighted by Crippen LogP contribution is -2.17. The molecule has 3 rings (SSSR count). The van der Waals surface area contributed by atoms with Gasteiger partial charge in [0.2, 0.25) is 5.95 Å². The van der Waals surface area contributed by atoms with E-state index in [-0.39, 0.29) is 5.91 Å². The SMILES string of the molecule is CNC(=O)c1ccc(C)c(Nc2nccc(-c3ccccc3)n2)c1. The molecule has 0 bridgehead atoms. The van der Waals surface area contributed by atoms with Crippen molar-refractivity contribution in [2.24, 2.45) is 0 Å². The number of hydrogen-bond donors (Lipinski definition) is 2. The van der Waals surface area contributed by atoms with Crippen molar-refractivity contribution in [2.45, 2.75) is 6.92 Å². The number of aromatic nitrogens is 2. The molecule has 0 unspecified atom stereocenters. The van der Waals surface area contributed by atoms with Crippen molar-refractivity contribution in [2.75, 3.05) is 12.4 Å². The van der Waals surface area contributed by atoms with Gasteiger partial charge < -0.3 is 10.6 Å². The minimum Gasteiger partial charge on any atom is -0.355 e. The van der Waals surface area contributed by atoms with Crippen LogP contribution < -0.4 is 10.6 Å². The summed E-state index contributed by atoms with van der Waals surface area (Å²) in [6.07, 6.45) is 1.72. The zero-order valence-electron chi connectivity index (χ0n) is 13.6. The molecule has 2 aromatic carbocycles. The Hall–Kier alpha value is -3.21. The Morgan fingerprint density at radius 3 is 2.58 bits per heavy atom. The smallest absolute Gasteiger partial charge is 0.251 e. The van der Waals surface area contributed by atoms with Crippen molar-refractivity contribution in [3.8, 4) is 11.3 Å². The van der Waals surface area contributed by atoms with Gasteiger partial charge in [-0.3, -0.25) is 4.79 Å². The summed E-state index contributed by atoms with van der Waals surface area (Å²) in [5.74, 6) is 0.366. The molecule has 1 aromatic heterocycles. The second kappa shape index (κ2) is 6.91. The summed E-state index contributed by atoms with van der Waals surface area (Å²) >= 11 is 0. The number of anilines is 2. The van der Waals surface area contributed by atoms with Crippen LogP contribution in [-0.2, 0) is 0 Å². The fourth-order valence-corrected chi connectivity index (χ4v) is 2.35. The van der Waals surface area contributed by atoms with E-state index in [0.717, 1.165) is 22.5 Å². The van der Waals surface area contributed by atoms with E-state index in [2.05, 4.69) is 20.6 Å². The molecule has 5 nitrogen and oxygen atoms in total. The van der Waals surface area contributed by atoms with E-state index in [1.165, 1.54) is 0 Å². The Balaban J connectivity index is 1.90. The van der Waals surface area contributed by atoms with Crippen molar-refractivity contribution in [1.29, 1.82) is 0 Å². The highest BCUT2D eigenvalue weighted by Gasteiger charge is 2.08. The molecule has 0 atom stereocenters. The lowest BCUT2D eigenvalue weighted by atomic mass is 10.1. The molecule has 3 aromatic rings. The van der Waals surface area contributed by atoms with E-state index in [1.807, 2.05) is 49.4 Å². The number of carbonyl (C=O) groups excluding carboxylic acids is 1. The van der Waals surface area contributed by atoms with E-state index in [0.29, 0.717) is 11.5 Å². The summed E-state index contributed by atoms with van der Waals surface area (Å²) in [6, 6.07) is 17.3. The van der Waals surface area contributed by atoms with E-state index >= 15 is 0 Å². The van der Waals surface area contributed by atoms with Crippen molar-refractivity contribution >= 4 is 17.5 Å². The van der Waals surface area contributed by atoms with Crippen LogP contribution in [0.4, 0.5) is 11.6 Å². The van der Waals surface area contributed by atoms with Crippen molar-refractivity contribution in [3.63, 3.8) is 0 Å². The molecule has 0 saturated heterocycles. The van der Waals surface area contributed by atoms with Crippen LogP contribution in [0, 0.1) is 6.92 Å². The van der Waals surface area contributed by atoms with Gasteiger partial charge in [0.05, 0.1) is 5.69 Å². The Bertz CT molecular complexity index is 862. The number of carbonyl (C=O) groups is 1. The highest BCUT2D eigenvalue weighted by Crippen LogP contribution is 2.22. The van der Waals surface area contributed by atoms with Crippen LogP contribution in [0.15, 0.2) is 60.8 Å².